The van der Waals surface area contributed by atoms with Gasteiger partial charge in [0.15, 0.2) is 17.6 Å². The van der Waals surface area contributed by atoms with Crippen LogP contribution in [0.15, 0.2) is 66.7 Å². The molecule has 0 radical (unpaired) electrons. The molecule has 8 heteroatoms. The quantitative estimate of drug-likeness (QED) is 0.452. The summed E-state index contributed by atoms with van der Waals surface area (Å²) < 4.78 is 57.3. The molecular weight excluding hydrogens is 459 g/mol. The third-order valence-electron chi connectivity index (χ3n) is 6.09. The van der Waals surface area contributed by atoms with Crippen LogP contribution in [0.3, 0.4) is 0 Å². The van der Waals surface area contributed by atoms with Crippen molar-refractivity contribution in [3.63, 3.8) is 0 Å². The van der Waals surface area contributed by atoms with Crippen LogP contribution >= 0.6 is 0 Å². The standard InChI is InChI=1S/C27H26F3NO4/c1-17(35-21-10-5-4-6-11-21)26(32)31-13-12-18-15-23(33-2)24(34-3)16-22(18)25(31)19-8-7-9-20(14-19)27(28,29)30/h4-11,14-17,25H,12-13H2,1-3H3/t17-,25-/m0/s1. The number of ether oxygens (including phenoxy) is 3. The van der Waals surface area contributed by atoms with Gasteiger partial charge in [-0.2, -0.15) is 13.2 Å². The Morgan fingerprint density at radius 2 is 1.66 bits per heavy atom. The maximum Gasteiger partial charge on any atom is 0.416 e. The number of hydrogen-bond donors (Lipinski definition) is 0. The van der Waals surface area contributed by atoms with Crippen LogP contribution in [0.4, 0.5) is 13.2 Å². The maximum atomic E-state index is 13.6. The number of methoxy groups -OCH3 is 2. The number of alkyl halides is 3. The second-order valence-corrected chi connectivity index (χ2v) is 8.29. The molecule has 35 heavy (non-hydrogen) atoms. The molecule has 1 aliphatic heterocycles. The molecule has 0 unspecified atom stereocenters. The Morgan fingerprint density at radius 3 is 2.31 bits per heavy atom. The molecule has 0 saturated carbocycles. The first-order valence-electron chi connectivity index (χ1n) is 11.2. The molecule has 0 saturated heterocycles. The first-order chi connectivity index (χ1) is 16.7. The molecule has 1 amide bonds. The second-order valence-electron chi connectivity index (χ2n) is 8.29. The van der Waals surface area contributed by atoms with Crippen LogP contribution in [0.25, 0.3) is 0 Å². The van der Waals surface area contributed by atoms with Crippen LogP contribution in [0, 0.1) is 0 Å². The van der Waals surface area contributed by atoms with Crippen molar-refractivity contribution in [2.24, 2.45) is 0 Å². The van der Waals surface area contributed by atoms with Gasteiger partial charge in [0.1, 0.15) is 5.75 Å². The van der Waals surface area contributed by atoms with Crippen LogP contribution in [0.2, 0.25) is 0 Å². The fourth-order valence-corrected chi connectivity index (χ4v) is 4.41. The number of benzene rings is 3. The molecule has 1 heterocycles. The molecule has 0 N–H and O–H groups in total. The van der Waals surface area contributed by atoms with Gasteiger partial charge in [-0.3, -0.25) is 4.79 Å². The number of hydrogen-bond acceptors (Lipinski definition) is 4. The average Bonchev–Trinajstić information content (AvgIpc) is 2.86. The molecule has 1 aliphatic rings. The van der Waals surface area contributed by atoms with E-state index in [1.54, 1.807) is 48.2 Å². The molecule has 0 aliphatic carbocycles. The number of amides is 1. The fraction of sp³-hybridized carbons (Fsp3) is 0.296. The molecule has 2 atom stereocenters. The third kappa shape index (κ3) is 5.06. The number of carbonyl (C=O) groups is 1. The summed E-state index contributed by atoms with van der Waals surface area (Å²) in [5, 5.41) is 0. The van der Waals surface area contributed by atoms with E-state index in [4.69, 9.17) is 14.2 Å². The first-order valence-corrected chi connectivity index (χ1v) is 11.2. The molecule has 0 bridgehead atoms. The number of para-hydroxylation sites is 1. The van der Waals surface area contributed by atoms with Crippen LogP contribution in [0.1, 0.15) is 35.2 Å². The van der Waals surface area contributed by atoms with E-state index in [1.165, 1.54) is 20.3 Å². The summed E-state index contributed by atoms with van der Waals surface area (Å²) in [6.45, 7) is 1.95. The summed E-state index contributed by atoms with van der Waals surface area (Å²) in [5.74, 6) is 1.17. The predicted octanol–water partition coefficient (Wildman–Crippen LogP) is 5.66. The normalized spacial score (nSPS) is 16.3. The zero-order valence-corrected chi connectivity index (χ0v) is 19.6. The number of rotatable bonds is 6. The van der Waals surface area contributed by atoms with Crippen molar-refractivity contribution in [3.8, 4) is 17.2 Å². The van der Waals surface area contributed by atoms with Crippen molar-refractivity contribution >= 4 is 5.91 Å². The van der Waals surface area contributed by atoms with E-state index in [9.17, 15) is 18.0 Å². The summed E-state index contributed by atoms with van der Waals surface area (Å²) in [7, 11) is 3.01. The number of fused-ring (bicyclic) bond motifs is 1. The lowest BCUT2D eigenvalue weighted by atomic mass is 9.86. The summed E-state index contributed by atoms with van der Waals surface area (Å²) in [5.41, 5.74) is 1.15. The molecule has 4 rings (SSSR count). The average molecular weight is 486 g/mol. The third-order valence-corrected chi connectivity index (χ3v) is 6.09. The van der Waals surface area contributed by atoms with Gasteiger partial charge in [-0.1, -0.05) is 30.3 Å². The summed E-state index contributed by atoms with van der Waals surface area (Å²) in [4.78, 5) is 15.2. The Morgan fingerprint density at radius 1 is 0.971 bits per heavy atom. The van der Waals surface area contributed by atoms with Gasteiger partial charge in [0, 0.05) is 6.54 Å². The van der Waals surface area contributed by atoms with Gasteiger partial charge in [0.05, 0.1) is 25.8 Å². The van der Waals surface area contributed by atoms with Gasteiger partial charge >= 0.3 is 6.18 Å². The lowest BCUT2D eigenvalue weighted by Crippen LogP contribution is -2.46. The lowest BCUT2D eigenvalue weighted by Gasteiger charge is -2.39. The van der Waals surface area contributed by atoms with E-state index in [0.29, 0.717) is 41.3 Å². The smallest absolute Gasteiger partial charge is 0.416 e. The van der Waals surface area contributed by atoms with E-state index in [1.807, 2.05) is 12.1 Å². The molecule has 3 aromatic carbocycles. The number of halogens is 3. The number of nitrogens with zero attached hydrogens (tertiary/aromatic N) is 1. The van der Waals surface area contributed by atoms with Gasteiger partial charge in [0.25, 0.3) is 5.91 Å². The zero-order chi connectivity index (χ0) is 25.2. The van der Waals surface area contributed by atoms with Gasteiger partial charge in [0.2, 0.25) is 0 Å². The Bertz CT molecular complexity index is 1200. The highest BCUT2D eigenvalue weighted by Crippen LogP contribution is 2.42. The minimum atomic E-state index is -4.51. The zero-order valence-electron chi connectivity index (χ0n) is 19.6. The summed E-state index contributed by atoms with van der Waals surface area (Å²) in [6, 6.07) is 16.8. The topological polar surface area (TPSA) is 48.0 Å². The Kier molecular flexibility index (Phi) is 6.91. The largest absolute Gasteiger partial charge is 0.493 e. The molecule has 0 spiro atoms. The van der Waals surface area contributed by atoms with E-state index in [-0.39, 0.29) is 5.91 Å². The van der Waals surface area contributed by atoms with Gasteiger partial charge in [-0.25, -0.2) is 0 Å². The SMILES string of the molecule is COc1cc2c(cc1OC)[C@H](c1cccc(C(F)(F)F)c1)N(C(=O)[C@H](C)Oc1ccccc1)CC2. The minimum Gasteiger partial charge on any atom is -0.493 e. The molecule has 184 valence electrons. The van der Waals surface area contributed by atoms with Crippen LogP contribution < -0.4 is 14.2 Å². The molecular formula is C27H26F3NO4. The van der Waals surface area contributed by atoms with Crippen molar-refractivity contribution in [1.82, 2.24) is 4.90 Å². The Balaban J connectivity index is 1.79. The van der Waals surface area contributed by atoms with Crippen molar-refractivity contribution in [2.45, 2.75) is 31.7 Å². The Hall–Kier alpha value is -3.68. The van der Waals surface area contributed by atoms with E-state index in [2.05, 4.69) is 0 Å². The van der Waals surface area contributed by atoms with Crippen molar-refractivity contribution < 1.29 is 32.2 Å². The van der Waals surface area contributed by atoms with Crippen molar-refractivity contribution in [2.75, 3.05) is 20.8 Å². The van der Waals surface area contributed by atoms with Crippen molar-refractivity contribution in [3.05, 3.63) is 89.0 Å². The fourth-order valence-electron chi connectivity index (χ4n) is 4.41. The van der Waals surface area contributed by atoms with Crippen LogP contribution in [-0.4, -0.2) is 37.7 Å². The summed E-state index contributed by atoms with van der Waals surface area (Å²) in [6.07, 6.45) is -4.84. The monoisotopic (exact) mass is 485 g/mol. The van der Waals surface area contributed by atoms with Gasteiger partial charge < -0.3 is 19.1 Å². The van der Waals surface area contributed by atoms with E-state index in [0.717, 1.165) is 17.7 Å². The first kappa shape index (κ1) is 24.4. The second kappa shape index (κ2) is 9.90. The van der Waals surface area contributed by atoms with E-state index >= 15 is 0 Å². The van der Waals surface area contributed by atoms with Crippen LogP contribution in [0.5, 0.6) is 17.2 Å². The molecule has 0 aromatic heterocycles. The summed E-state index contributed by atoms with van der Waals surface area (Å²) >= 11 is 0. The highest BCUT2D eigenvalue weighted by molar-refractivity contribution is 5.82. The molecule has 0 fully saturated rings. The maximum absolute atomic E-state index is 13.6. The lowest BCUT2D eigenvalue weighted by molar-refractivity contribution is -0.140. The highest BCUT2D eigenvalue weighted by atomic mass is 19.4. The Labute approximate surface area is 202 Å². The predicted molar refractivity (Wildman–Crippen MR) is 125 cm³/mol. The van der Waals surface area contributed by atoms with Gasteiger partial charge in [-0.15, -0.1) is 0 Å². The number of carbonyl (C=O) groups excluding carboxylic acids is 1. The van der Waals surface area contributed by atoms with Crippen LogP contribution in [-0.2, 0) is 17.4 Å². The van der Waals surface area contributed by atoms with Crippen molar-refractivity contribution in [1.29, 1.82) is 0 Å². The molecule has 3 aromatic rings. The minimum absolute atomic E-state index is 0.310. The van der Waals surface area contributed by atoms with E-state index < -0.39 is 23.9 Å². The molecule has 5 nitrogen and oxygen atoms in total. The highest BCUT2D eigenvalue weighted by Gasteiger charge is 2.37. The van der Waals surface area contributed by atoms with Gasteiger partial charge in [-0.05, 0) is 66.4 Å².